The highest BCUT2D eigenvalue weighted by atomic mass is 16.9. The number of carbonyl (C=O) groups excluding carboxylic acids is 5. The lowest BCUT2D eigenvalue weighted by Gasteiger charge is -2.23. The van der Waals surface area contributed by atoms with Crippen LogP contribution in [0.1, 0.15) is 81.7 Å². The molecular weight excluding hydrogens is 1270 g/mol. The first-order valence-electron chi connectivity index (χ1n) is 29.8. The summed E-state index contributed by atoms with van der Waals surface area (Å²) in [7, 11) is 10.5. The molecule has 0 saturated carbocycles. The zero-order valence-corrected chi connectivity index (χ0v) is 56.3. The number of ketones is 1. The Morgan fingerprint density at radius 2 is 0.808 bits per heavy atom. The minimum atomic E-state index is -0.875. The van der Waals surface area contributed by atoms with Gasteiger partial charge in [0.15, 0.2) is 40.3 Å². The monoisotopic (exact) mass is 1350 g/mol. The molecule has 516 valence electrons. The van der Waals surface area contributed by atoms with E-state index in [1.54, 1.807) is 118 Å². The zero-order valence-electron chi connectivity index (χ0n) is 56.3. The Bertz CT molecular complexity index is 4150. The van der Waals surface area contributed by atoms with E-state index in [0.29, 0.717) is 91.8 Å². The quantitative estimate of drug-likeness (QED) is 0.0101. The molecule has 10 aromatic rings. The van der Waals surface area contributed by atoms with Gasteiger partial charge in [-0.3, -0.25) is 30.9 Å². The molecule has 7 aromatic heterocycles. The molecule has 0 saturated heterocycles. The van der Waals surface area contributed by atoms with E-state index >= 15 is 0 Å². The van der Waals surface area contributed by atoms with Crippen LogP contribution in [-0.2, 0) is 18.9 Å². The lowest BCUT2D eigenvalue weighted by molar-refractivity contribution is -0.340. The molecule has 3 aromatic carbocycles. The molecule has 7 heterocycles. The topological polar surface area (TPSA) is 464 Å². The summed E-state index contributed by atoms with van der Waals surface area (Å²) in [6, 6.07) is 37.5. The highest BCUT2D eigenvalue weighted by molar-refractivity contribution is 6.02. The first kappa shape index (κ1) is 75.6. The molecule has 0 aliphatic heterocycles. The second kappa shape index (κ2) is 37.6. The van der Waals surface area contributed by atoms with Crippen LogP contribution >= 0.6 is 0 Å². The van der Waals surface area contributed by atoms with Gasteiger partial charge >= 0.3 is 5.97 Å². The highest BCUT2D eigenvalue weighted by Crippen LogP contribution is 2.33. The largest absolute Gasteiger partial charge is 0.465 e. The first-order chi connectivity index (χ1) is 47.8. The molecule has 99 heavy (non-hydrogen) atoms. The number of amides is 3. The molecule has 0 fully saturated rings. The van der Waals surface area contributed by atoms with Crippen LogP contribution in [0.5, 0.6) is 0 Å². The van der Waals surface area contributed by atoms with E-state index in [2.05, 4.69) is 115 Å². The van der Waals surface area contributed by atoms with Crippen molar-refractivity contribution in [1.29, 1.82) is 0 Å². The zero-order chi connectivity index (χ0) is 72.0. The van der Waals surface area contributed by atoms with Gasteiger partial charge in [-0.15, -0.1) is 40.8 Å². The summed E-state index contributed by atoms with van der Waals surface area (Å²) in [4.78, 5) is 73.5. The summed E-state index contributed by atoms with van der Waals surface area (Å²) in [5.74, 6) is 9.32. The van der Waals surface area contributed by atoms with Crippen LogP contribution in [0.3, 0.4) is 0 Å². The summed E-state index contributed by atoms with van der Waals surface area (Å²) < 4.78 is 24.8. The van der Waals surface area contributed by atoms with Gasteiger partial charge in [-0.2, -0.15) is 0 Å². The maximum absolute atomic E-state index is 12.4. The number of hydrazine groups is 1. The van der Waals surface area contributed by atoms with Gasteiger partial charge in [0.05, 0.1) is 36.3 Å². The molecule has 0 aliphatic rings. The van der Waals surface area contributed by atoms with Crippen LogP contribution in [0.15, 0.2) is 150 Å². The van der Waals surface area contributed by atoms with E-state index in [4.69, 9.17) is 29.1 Å². The molecule has 0 spiro atoms. The number of hydrogen-bond donors (Lipinski definition) is 12. The number of ether oxygens (including phenoxy) is 4. The molecule has 0 unspecified atom stereocenters. The molecule has 0 aliphatic carbocycles. The minimum absolute atomic E-state index is 0.0806. The molecule has 3 amide bonds. The number of anilines is 12. The fourth-order valence-electron chi connectivity index (χ4n) is 8.58. The van der Waals surface area contributed by atoms with Gasteiger partial charge in [0.25, 0.3) is 23.7 Å². The van der Waals surface area contributed by atoms with E-state index in [9.17, 15) is 24.0 Å². The number of esters is 1. The summed E-state index contributed by atoms with van der Waals surface area (Å²) in [6.45, 7) is 8.87. The number of nitrogens with two attached hydrogens (primary N) is 3. The maximum atomic E-state index is 12.4. The van der Waals surface area contributed by atoms with Crippen molar-refractivity contribution in [3.05, 3.63) is 197 Å². The van der Waals surface area contributed by atoms with Crippen LogP contribution in [0.25, 0.3) is 11.5 Å². The van der Waals surface area contributed by atoms with Crippen LogP contribution in [0, 0.1) is 27.7 Å². The number of methoxy groups -OCH3 is 4. The summed E-state index contributed by atoms with van der Waals surface area (Å²) >= 11 is 0. The van der Waals surface area contributed by atoms with Crippen molar-refractivity contribution >= 4 is 98.5 Å². The lowest BCUT2D eigenvalue weighted by Crippen LogP contribution is -2.31. The predicted octanol–water partition coefficient (Wildman–Crippen LogP) is 7.78. The third kappa shape index (κ3) is 21.0. The average molecular weight is 1350 g/mol. The third-order valence-electron chi connectivity index (χ3n) is 14.0. The fourth-order valence-corrected chi connectivity index (χ4v) is 8.58. The highest BCUT2D eigenvalue weighted by Gasteiger charge is 2.23. The second-order valence-corrected chi connectivity index (χ2v) is 20.3. The Morgan fingerprint density at radius 3 is 1.13 bits per heavy atom. The van der Waals surface area contributed by atoms with E-state index in [-0.39, 0.29) is 35.3 Å². The minimum Gasteiger partial charge on any atom is -0.465 e. The Morgan fingerprint density at radius 1 is 0.434 bits per heavy atom. The number of carbonyl (C=O) groups is 5. The Kier molecular flexibility index (Phi) is 28.7. The number of aryl methyl sites for hydroxylation is 1. The maximum Gasteiger partial charge on any atom is 0.338 e. The summed E-state index contributed by atoms with van der Waals surface area (Å²) in [5.41, 5.74) is 13.3. The van der Waals surface area contributed by atoms with Crippen LogP contribution in [0.2, 0.25) is 0 Å². The van der Waals surface area contributed by atoms with Crippen LogP contribution in [-0.4, -0.2) is 147 Å². The van der Waals surface area contributed by atoms with Crippen molar-refractivity contribution < 1.29 is 47.3 Å². The first-order valence-corrected chi connectivity index (χ1v) is 29.8. The van der Waals surface area contributed by atoms with Gasteiger partial charge in [-0.1, -0.05) is 42.5 Å². The number of nitrogens with zero attached hydrogens (tertiary/aromatic N) is 11. The number of nitrogens with one attached hydrogen (secondary N) is 9. The molecule has 0 atom stereocenters. The van der Waals surface area contributed by atoms with Gasteiger partial charge in [0, 0.05) is 121 Å². The summed E-state index contributed by atoms with van der Waals surface area (Å²) in [5, 5.41) is 58.8. The van der Waals surface area contributed by atoms with Crippen molar-refractivity contribution in [1.82, 2.24) is 71.7 Å². The number of pyridine rings is 3. The standard InChI is InChI=1S/C21H20N8O2.C20H21N7O2.C20H20N6O3.C5H12O3.H4N2/c1-12-14(21-29-26-13(2)31-21)7-6-8-15(12)24-16-11-18(25-17-9-4-5-10-23-17)27-28-19(16)20(30)22-3;1-12-13(16(28)11-21)6-5-7-14(12)24-15-10-18(25-17-8-3-4-9-23-17)26-27-19(15)20(29)22-2;1-12-13(20(28)29-3)7-6-8-14(12)23-15-11-17(24-16-9-4-5-10-22-16)25-26-18(15)19(27)21-2;1-5(6-2,7-3)8-4;1-2/h4-11H,1-3H3,(H,22,30)(H2,23,24,25,27);3-10H,11,21H2,1-2H3,(H,22,29)(H2,23,24,25,26);4-11H,1-3H3,(H,21,27)(H2,22,23,24,25);1-4H3;1-2H2. The van der Waals surface area contributed by atoms with Gasteiger partial charge < -0.3 is 76.9 Å². The third-order valence-corrected chi connectivity index (χ3v) is 14.0. The second-order valence-electron chi connectivity index (χ2n) is 20.3. The molecule has 0 bridgehead atoms. The van der Waals surface area contributed by atoms with Crippen LogP contribution in [0.4, 0.5) is 69.0 Å². The van der Waals surface area contributed by atoms with E-state index in [1.807, 2.05) is 62.4 Å². The molecule has 15 N–H and O–H groups in total. The number of benzene rings is 3. The summed E-state index contributed by atoms with van der Waals surface area (Å²) in [6.07, 6.45) is 4.97. The molecule has 33 heteroatoms. The van der Waals surface area contributed by atoms with E-state index in [0.717, 1.165) is 22.4 Å². The van der Waals surface area contributed by atoms with E-state index in [1.165, 1.54) is 49.6 Å². The lowest BCUT2D eigenvalue weighted by atomic mass is 10.0. The van der Waals surface area contributed by atoms with Gasteiger partial charge in [0.1, 0.15) is 17.5 Å². The van der Waals surface area contributed by atoms with E-state index < -0.39 is 23.8 Å². The van der Waals surface area contributed by atoms with Gasteiger partial charge in [-0.25, -0.2) is 19.7 Å². The number of aromatic nitrogens is 11. The number of hydrogen-bond acceptors (Lipinski definition) is 30. The van der Waals surface area contributed by atoms with Gasteiger partial charge in [0.2, 0.25) is 11.8 Å². The average Bonchev–Trinajstić information content (AvgIpc) is 1.54. The Hall–Kier alpha value is -12.4. The predicted molar refractivity (Wildman–Crippen MR) is 373 cm³/mol. The number of Topliss-reactive ketones (excluding diaryl/α,β-unsaturated/α-hetero) is 1. The Balaban J connectivity index is 0.000000219. The number of rotatable bonds is 22. The molecular formula is C66H77N23O10. The smallest absolute Gasteiger partial charge is 0.338 e. The van der Waals surface area contributed by atoms with Crippen molar-refractivity contribution in [2.75, 3.05) is 88.0 Å². The normalized spacial score (nSPS) is 10.3. The Labute approximate surface area is 569 Å². The van der Waals surface area contributed by atoms with Gasteiger partial charge in [-0.05, 0) is 104 Å². The molecule has 33 nitrogen and oxygen atoms in total. The van der Waals surface area contributed by atoms with Crippen molar-refractivity contribution in [2.24, 2.45) is 17.4 Å². The van der Waals surface area contributed by atoms with Crippen molar-refractivity contribution in [3.8, 4) is 11.5 Å². The molecule has 10 rings (SSSR count). The molecule has 0 radical (unpaired) electrons. The van der Waals surface area contributed by atoms with Crippen molar-refractivity contribution in [3.63, 3.8) is 0 Å². The van der Waals surface area contributed by atoms with Crippen LogP contribution < -0.4 is 65.3 Å². The van der Waals surface area contributed by atoms with Crippen molar-refractivity contribution in [2.45, 2.75) is 40.6 Å². The fraction of sp³-hybridized carbons (Fsp3) is 0.212. The SMILES string of the molecule is CNC(=O)c1nnc(Nc2ccccn2)cc1Nc1cccc(-c2nnc(C)o2)c1C.CNC(=O)c1nnc(Nc2ccccn2)cc1Nc1cccc(C(=O)CN)c1C.CNC(=O)c1nnc(Nc2ccccn2)cc1Nc1cccc(C(=O)OC)c1C.COC(C)(OC)OC.NN.